The number of imidazole rings is 1. The predicted molar refractivity (Wildman–Crippen MR) is 137 cm³/mol. The number of aliphatic hydroxyl groups is 1. The molecule has 9 nitrogen and oxygen atoms in total. The molecule has 0 saturated carbocycles. The number of methoxy groups -OCH3 is 2. The molecule has 0 aliphatic heterocycles. The second-order valence-corrected chi connectivity index (χ2v) is 8.98. The topological polar surface area (TPSA) is 121 Å². The number of fused-ring (bicyclic) bond motifs is 1. The number of thiophene rings is 1. The lowest BCUT2D eigenvalue weighted by Crippen LogP contribution is -2.12. The van der Waals surface area contributed by atoms with Crippen LogP contribution in [0.15, 0.2) is 42.7 Å². The Morgan fingerprint density at radius 3 is 2.66 bits per heavy atom. The number of ether oxygens (including phenoxy) is 3. The van der Waals surface area contributed by atoms with Crippen LogP contribution in [-0.4, -0.2) is 47.9 Å². The highest BCUT2D eigenvalue weighted by Gasteiger charge is 2.22. The summed E-state index contributed by atoms with van der Waals surface area (Å²) >= 11 is 7.76. The molecule has 1 atom stereocenters. The maximum absolute atomic E-state index is 12.2. The number of halogens is 1. The van der Waals surface area contributed by atoms with Gasteiger partial charge in [0, 0.05) is 30.3 Å². The monoisotopic (exact) mass is 516 g/mol. The summed E-state index contributed by atoms with van der Waals surface area (Å²) in [7, 11) is 3.13. The van der Waals surface area contributed by atoms with Gasteiger partial charge >= 0.3 is 0 Å². The Labute approximate surface area is 211 Å². The Morgan fingerprint density at radius 1 is 1.23 bits per heavy atom. The average molecular weight is 517 g/mol. The number of carbonyl (C=O) groups excluding carboxylic acids is 1. The molecule has 35 heavy (non-hydrogen) atoms. The van der Waals surface area contributed by atoms with Crippen molar-refractivity contribution in [1.29, 1.82) is 0 Å². The zero-order valence-corrected chi connectivity index (χ0v) is 20.9. The van der Waals surface area contributed by atoms with Gasteiger partial charge in [-0.05, 0) is 13.0 Å². The van der Waals surface area contributed by atoms with Crippen molar-refractivity contribution < 1.29 is 24.1 Å². The van der Waals surface area contributed by atoms with Crippen LogP contribution in [0.1, 0.15) is 28.3 Å². The molecule has 4 N–H and O–H groups in total. The third-order valence-electron chi connectivity index (χ3n) is 5.40. The Bertz CT molecular complexity index is 1370. The SMILES string of the molecule is COc1cc2ncn(-c3cc(O[C@H](C)c4cccc(NCCO)c4Cl)c(C(N)=O)s3)c2cc1OC. The van der Waals surface area contributed by atoms with Crippen LogP contribution >= 0.6 is 22.9 Å². The molecule has 0 aliphatic carbocycles. The minimum Gasteiger partial charge on any atom is -0.493 e. The molecule has 0 unspecified atom stereocenters. The highest BCUT2D eigenvalue weighted by molar-refractivity contribution is 7.16. The number of amides is 1. The summed E-state index contributed by atoms with van der Waals surface area (Å²) in [4.78, 5) is 17.0. The van der Waals surface area contributed by atoms with E-state index in [1.807, 2.05) is 35.8 Å². The van der Waals surface area contributed by atoms with Crippen LogP contribution in [0.5, 0.6) is 17.2 Å². The quantitative estimate of drug-likeness (QED) is 0.285. The maximum atomic E-state index is 12.2. The smallest absolute Gasteiger partial charge is 0.262 e. The summed E-state index contributed by atoms with van der Waals surface area (Å²) in [5, 5.41) is 13.3. The first-order valence-electron chi connectivity index (χ1n) is 10.7. The summed E-state index contributed by atoms with van der Waals surface area (Å²) in [6.45, 7) is 2.18. The molecule has 2 aromatic heterocycles. The first-order chi connectivity index (χ1) is 16.9. The van der Waals surface area contributed by atoms with Crippen molar-refractivity contribution >= 4 is 45.6 Å². The van der Waals surface area contributed by atoms with E-state index in [0.29, 0.717) is 45.0 Å². The number of hydrogen-bond donors (Lipinski definition) is 3. The summed E-state index contributed by atoms with van der Waals surface area (Å²) in [5.41, 5.74) is 8.55. The summed E-state index contributed by atoms with van der Waals surface area (Å²) in [6, 6.07) is 10.9. The third kappa shape index (κ3) is 4.86. The van der Waals surface area contributed by atoms with Crippen molar-refractivity contribution in [3.8, 4) is 22.2 Å². The molecular formula is C24H25ClN4O5S. The minimum absolute atomic E-state index is 0.0200. The number of benzene rings is 2. The Hall–Kier alpha value is -3.47. The Kier molecular flexibility index (Phi) is 7.34. The number of nitrogens with two attached hydrogens (primary N) is 1. The first kappa shape index (κ1) is 24.6. The van der Waals surface area contributed by atoms with E-state index < -0.39 is 12.0 Å². The lowest BCUT2D eigenvalue weighted by molar-refractivity contribution is 0.0998. The number of carbonyl (C=O) groups is 1. The summed E-state index contributed by atoms with van der Waals surface area (Å²) < 4.78 is 18.8. The second-order valence-electron chi connectivity index (χ2n) is 7.57. The van der Waals surface area contributed by atoms with Gasteiger partial charge in [-0.3, -0.25) is 9.36 Å². The molecule has 0 spiro atoms. The molecule has 0 radical (unpaired) electrons. The molecule has 1 amide bonds. The fraction of sp³-hybridized carbons (Fsp3) is 0.250. The third-order valence-corrected chi connectivity index (χ3v) is 6.95. The maximum Gasteiger partial charge on any atom is 0.262 e. The van der Waals surface area contributed by atoms with Crippen LogP contribution in [0.4, 0.5) is 5.69 Å². The molecule has 0 fully saturated rings. The van der Waals surface area contributed by atoms with Gasteiger partial charge in [-0.15, -0.1) is 11.3 Å². The molecule has 2 heterocycles. The molecule has 4 rings (SSSR count). The van der Waals surface area contributed by atoms with Crippen molar-refractivity contribution in [3.05, 3.63) is 58.2 Å². The molecule has 2 aromatic carbocycles. The van der Waals surface area contributed by atoms with Gasteiger partial charge in [0.25, 0.3) is 5.91 Å². The fourth-order valence-corrected chi connectivity index (χ4v) is 4.97. The highest BCUT2D eigenvalue weighted by Crippen LogP contribution is 2.39. The van der Waals surface area contributed by atoms with E-state index in [9.17, 15) is 4.79 Å². The lowest BCUT2D eigenvalue weighted by atomic mass is 10.1. The van der Waals surface area contributed by atoms with Crippen LogP contribution in [0.3, 0.4) is 0 Å². The van der Waals surface area contributed by atoms with E-state index in [2.05, 4.69) is 10.3 Å². The molecule has 0 aliphatic rings. The van der Waals surface area contributed by atoms with Crippen LogP contribution in [-0.2, 0) is 0 Å². The van der Waals surface area contributed by atoms with Crippen LogP contribution in [0.2, 0.25) is 5.02 Å². The van der Waals surface area contributed by atoms with E-state index in [1.165, 1.54) is 11.3 Å². The normalized spacial score (nSPS) is 11.9. The Balaban J connectivity index is 1.70. The molecule has 0 bridgehead atoms. The standard InChI is InChI=1S/C24H25ClN4O5S/c1-13(14-5-4-6-15(22(14)25)27-7-8-30)34-20-11-21(35-23(20)24(26)31)29-12-28-16-9-18(32-2)19(33-3)10-17(16)29/h4-6,9-13,27,30H,7-8H2,1-3H3,(H2,26,31)/t13-/m1/s1. The zero-order valence-electron chi connectivity index (χ0n) is 19.4. The number of nitrogens with one attached hydrogen (secondary N) is 1. The van der Waals surface area contributed by atoms with Gasteiger partial charge in [0.15, 0.2) is 11.5 Å². The number of hydrogen-bond acceptors (Lipinski definition) is 8. The van der Waals surface area contributed by atoms with Crippen LogP contribution in [0.25, 0.3) is 16.0 Å². The van der Waals surface area contributed by atoms with E-state index in [1.54, 1.807) is 32.7 Å². The van der Waals surface area contributed by atoms with Gasteiger partial charge in [-0.25, -0.2) is 4.98 Å². The van der Waals surface area contributed by atoms with Crippen molar-refractivity contribution in [2.45, 2.75) is 13.0 Å². The number of nitrogens with zero attached hydrogens (tertiary/aromatic N) is 2. The van der Waals surface area contributed by atoms with E-state index in [0.717, 1.165) is 11.1 Å². The number of primary amides is 1. The Morgan fingerprint density at radius 2 is 1.97 bits per heavy atom. The highest BCUT2D eigenvalue weighted by atomic mass is 35.5. The first-order valence-corrected chi connectivity index (χ1v) is 11.9. The van der Waals surface area contributed by atoms with E-state index in [-0.39, 0.29) is 11.5 Å². The molecule has 0 saturated heterocycles. The van der Waals surface area contributed by atoms with Gasteiger partial charge in [0.05, 0.1) is 42.6 Å². The van der Waals surface area contributed by atoms with Crippen molar-refractivity contribution in [2.24, 2.45) is 5.73 Å². The zero-order chi connectivity index (χ0) is 25.1. The fourth-order valence-electron chi connectivity index (χ4n) is 3.70. The van der Waals surface area contributed by atoms with Crippen LogP contribution < -0.4 is 25.3 Å². The van der Waals surface area contributed by atoms with Gasteiger partial charge in [-0.1, -0.05) is 23.7 Å². The molecule has 4 aromatic rings. The second kappa shape index (κ2) is 10.4. The average Bonchev–Trinajstić information content (AvgIpc) is 3.46. The van der Waals surface area contributed by atoms with Gasteiger partial charge < -0.3 is 30.4 Å². The van der Waals surface area contributed by atoms with Crippen molar-refractivity contribution in [2.75, 3.05) is 32.7 Å². The van der Waals surface area contributed by atoms with Crippen LogP contribution in [0, 0.1) is 0 Å². The number of rotatable bonds is 10. The number of anilines is 1. The molecule has 11 heteroatoms. The minimum atomic E-state index is -0.600. The van der Waals surface area contributed by atoms with Crippen molar-refractivity contribution in [3.63, 3.8) is 0 Å². The largest absolute Gasteiger partial charge is 0.493 e. The van der Waals surface area contributed by atoms with Gasteiger partial charge in [0.1, 0.15) is 28.1 Å². The van der Waals surface area contributed by atoms with E-state index in [4.69, 9.17) is 36.7 Å². The van der Waals surface area contributed by atoms with E-state index >= 15 is 0 Å². The predicted octanol–water partition coefficient (Wildman–Crippen LogP) is 4.40. The molecular weight excluding hydrogens is 492 g/mol. The number of aromatic nitrogens is 2. The number of aliphatic hydroxyl groups excluding tert-OH is 1. The summed E-state index contributed by atoms with van der Waals surface area (Å²) in [6.07, 6.45) is 1.17. The molecule has 184 valence electrons. The lowest BCUT2D eigenvalue weighted by Gasteiger charge is -2.18. The summed E-state index contributed by atoms with van der Waals surface area (Å²) in [5.74, 6) is 0.872. The van der Waals surface area contributed by atoms with Crippen molar-refractivity contribution in [1.82, 2.24) is 9.55 Å². The van der Waals surface area contributed by atoms with Gasteiger partial charge in [-0.2, -0.15) is 0 Å². The van der Waals surface area contributed by atoms with Gasteiger partial charge in [0.2, 0.25) is 0 Å².